The molecule has 0 heterocycles. The van der Waals surface area contributed by atoms with Crippen LogP contribution in [0.25, 0.3) is 0 Å². The lowest BCUT2D eigenvalue weighted by Crippen LogP contribution is -2.22. The molecule has 0 unspecified atom stereocenters. The lowest BCUT2D eigenvalue weighted by Gasteiger charge is -2.04. The largest absolute Gasteiger partial charge is 0.308 e. The number of rotatable bonds is 1. The second kappa shape index (κ2) is 2.45. The van der Waals surface area contributed by atoms with Crippen LogP contribution in [-0.4, -0.2) is 19.8 Å². The van der Waals surface area contributed by atoms with E-state index in [1.807, 2.05) is 0 Å². The van der Waals surface area contributed by atoms with Gasteiger partial charge < -0.3 is 0 Å². The van der Waals surface area contributed by atoms with Gasteiger partial charge in [0.1, 0.15) is 11.4 Å². The third-order valence-corrected chi connectivity index (χ3v) is 2.99. The molecule has 0 aromatic carbocycles. The van der Waals surface area contributed by atoms with Crippen LogP contribution in [-0.2, 0) is 10.2 Å². The van der Waals surface area contributed by atoms with Gasteiger partial charge in [-0.3, -0.25) is 0 Å². The first-order valence-corrected chi connectivity index (χ1v) is 4.54. The molecule has 5 heteroatoms. The second-order valence-corrected chi connectivity index (χ2v) is 4.02. The van der Waals surface area contributed by atoms with Crippen molar-refractivity contribution in [1.29, 1.82) is 0 Å². The molecule has 0 aliphatic heterocycles. The molecule has 2 atom stereocenters. The van der Waals surface area contributed by atoms with Gasteiger partial charge in [0.2, 0.25) is 0 Å². The van der Waals surface area contributed by atoms with Gasteiger partial charge in [-0.1, -0.05) is 0 Å². The second-order valence-electron chi connectivity index (χ2n) is 2.46. The Balaban J connectivity index is 2.74. The molecule has 1 fully saturated rings. The van der Waals surface area contributed by atoms with Crippen LogP contribution in [0, 0.1) is 0 Å². The molecule has 0 saturated heterocycles. The van der Waals surface area contributed by atoms with Gasteiger partial charge in [-0.2, -0.15) is 8.42 Å². The highest BCUT2D eigenvalue weighted by atomic mass is 32.3. The summed E-state index contributed by atoms with van der Waals surface area (Å²) in [6, 6.07) is 0. The molecule has 1 saturated carbocycles. The number of hydrogen-bond donors (Lipinski definition) is 0. The van der Waals surface area contributed by atoms with E-state index in [1.54, 1.807) is 0 Å². The maximum Gasteiger partial charge on any atom is 0.308 e. The standard InChI is InChI=1S/C5H8F2O2S/c6-4-2-1-3-5(4)10(7,8)9/h4-5H,1-3H2/t4-,5+/m1/s1. The van der Waals surface area contributed by atoms with E-state index in [1.165, 1.54) is 0 Å². The van der Waals surface area contributed by atoms with E-state index in [-0.39, 0.29) is 12.8 Å². The first-order valence-electron chi connectivity index (χ1n) is 3.09. The highest BCUT2D eigenvalue weighted by molar-refractivity contribution is 7.87. The van der Waals surface area contributed by atoms with E-state index in [2.05, 4.69) is 0 Å². The Hall–Kier alpha value is -0.190. The highest BCUT2D eigenvalue weighted by Gasteiger charge is 2.37. The maximum atomic E-state index is 12.5. The zero-order valence-corrected chi connectivity index (χ0v) is 6.07. The minimum Gasteiger partial charge on any atom is -0.246 e. The van der Waals surface area contributed by atoms with Crippen LogP contribution in [0.1, 0.15) is 19.3 Å². The van der Waals surface area contributed by atoms with Gasteiger partial charge >= 0.3 is 10.2 Å². The molecule has 0 amide bonds. The first kappa shape index (κ1) is 7.91. The zero-order chi connectivity index (χ0) is 7.78. The summed E-state index contributed by atoms with van der Waals surface area (Å²) in [5.41, 5.74) is 0. The molecule has 0 N–H and O–H groups in total. The molecule has 1 rings (SSSR count). The van der Waals surface area contributed by atoms with Gasteiger partial charge in [-0.25, -0.2) is 4.39 Å². The normalized spacial score (nSPS) is 34.6. The summed E-state index contributed by atoms with van der Waals surface area (Å²) in [4.78, 5) is 0. The molecule has 0 spiro atoms. The van der Waals surface area contributed by atoms with Crippen molar-refractivity contribution < 1.29 is 16.7 Å². The Morgan fingerprint density at radius 3 is 2.10 bits per heavy atom. The summed E-state index contributed by atoms with van der Waals surface area (Å²) >= 11 is 0. The van der Waals surface area contributed by atoms with Crippen molar-refractivity contribution in [3.63, 3.8) is 0 Å². The SMILES string of the molecule is O=S(=O)(F)[C@H]1CCC[C@H]1F. The minimum atomic E-state index is -4.63. The third kappa shape index (κ3) is 1.45. The topological polar surface area (TPSA) is 34.1 Å². The fraction of sp³-hybridized carbons (Fsp3) is 1.00. The van der Waals surface area contributed by atoms with E-state index < -0.39 is 21.6 Å². The van der Waals surface area contributed by atoms with Gasteiger partial charge in [0.05, 0.1) is 0 Å². The van der Waals surface area contributed by atoms with Crippen LogP contribution in [0.3, 0.4) is 0 Å². The van der Waals surface area contributed by atoms with Gasteiger partial charge in [-0.05, 0) is 19.3 Å². The molecule has 0 aromatic heterocycles. The fourth-order valence-corrected chi connectivity index (χ4v) is 2.13. The molecular weight excluding hydrogens is 162 g/mol. The predicted octanol–water partition coefficient (Wildman–Crippen LogP) is 1.18. The number of halogens is 2. The van der Waals surface area contributed by atoms with Crippen LogP contribution in [0.4, 0.5) is 8.28 Å². The monoisotopic (exact) mass is 170 g/mol. The van der Waals surface area contributed by atoms with Crippen molar-refractivity contribution in [2.24, 2.45) is 0 Å². The van der Waals surface area contributed by atoms with Crippen molar-refractivity contribution in [2.45, 2.75) is 30.7 Å². The summed E-state index contributed by atoms with van der Waals surface area (Å²) < 4.78 is 44.8. The Morgan fingerprint density at radius 1 is 1.30 bits per heavy atom. The molecule has 60 valence electrons. The van der Waals surface area contributed by atoms with Crippen molar-refractivity contribution in [3.8, 4) is 0 Å². The quantitative estimate of drug-likeness (QED) is 0.554. The third-order valence-electron chi connectivity index (χ3n) is 1.73. The summed E-state index contributed by atoms with van der Waals surface area (Å²) in [5, 5.41) is -1.38. The average Bonchev–Trinajstić information content (AvgIpc) is 2.11. The smallest absolute Gasteiger partial charge is 0.246 e. The molecular formula is C5H8F2O2S. The Labute approximate surface area is 58.4 Å². The zero-order valence-electron chi connectivity index (χ0n) is 5.26. The van der Waals surface area contributed by atoms with Gasteiger partial charge in [0, 0.05) is 0 Å². The van der Waals surface area contributed by atoms with Crippen molar-refractivity contribution in [3.05, 3.63) is 0 Å². The van der Waals surface area contributed by atoms with Crippen LogP contribution >= 0.6 is 0 Å². The van der Waals surface area contributed by atoms with Crippen LogP contribution in [0.2, 0.25) is 0 Å². The van der Waals surface area contributed by atoms with E-state index in [0.29, 0.717) is 6.42 Å². The van der Waals surface area contributed by atoms with E-state index in [0.717, 1.165) is 0 Å². The Bertz CT molecular complexity index is 212. The minimum absolute atomic E-state index is 0.125. The lowest BCUT2D eigenvalue weighted by atomic mass is 10.3. The van der Waals surface area contributed by atoms with E-state index in [4.69, 9.17) is 0 Å². The molecule has 0 aromatic rings. The molecule has 1 aliphatic carbocycles. The fourth-order valence-electron chi connectivity index (χ4n) is 1.20. The van der Waals surface area contributed by atoms with Crippen LogP contribution in [0.5, 0.6) is 0 Å². The van der Waals surface area contributed by atoms with Crippen molar-refractivity contribution in [2.75, 3.05) is 0 Å². The summed E-state index contributed by atoms with van der Waals surface area (Å²) in [6.45, 7) is 0. The van der Waals surface area contributed by atoms with E-state index >= 15 is 0 Å². The predicted molar refractivity (Wildman–Crippen MR) is 32.6 cm³/mol. The Kier molecular flexibility index (Phi) is 1.94. The van der Waals surface area contributed by atoms with Crippen LogP contribution in [0.15, 0.2) is 0 Å². The number of hydrogen-bond acceptors (Lipinski definition) is 2. The molecule has 10 heavy (non-hydrogen) atoms. The highest BCUT2D eigenvalue weighted by Crippen LogP contribution is 2.28. The number of alkyl halides is 1. The van der Waals surface area contributed by atoms with Gasteiger partial charge in [0.25, 0.3) is 0 Å². The summed E-state index contributed by atoms with van der Waals surface area (Å²) in [7, 11) is -4.63. The molecule has 0 bridgehead atoms. The molecule has 2 nitrogen and oxygen atoms in total. The van der Waals surface area contributed by atoms with Gasteiger partial charge in [-0.15, -0.1) is 3.89 Å². The summed E-state index contributed by atoms with van der Waals surface area (Å²) in [6.07, 6.45) is -0.724. The Morgan fingerprint density at radius 2 is 1.90 bits per heavy atom. The van der Waals surface area contributed by atoms with Crippen LogP contribution < -0.4 is 0 Å². The molecule has 0 radical (unpaired) electrons. The molecule has 1 aliphatic rings. The lowest BCUT2D eigenvalue weighted by molar-refractivity contribution is 0.338. The average molecular weight is 170 g/mol. The first-order chi connectivity index (χ1) is 4.52. The van der Waals surface area contributed by atoms with Crippen molar-refractivity contribution >= 4 is 10.2 Å². The van der Waals surface area contributed by atoms with E-state index in [9.17, 15) is 16.7 Å². The summed E-state index contributed by atoms with van der Waals surface area (Å²) in [5.74, 6) is 0. The van der Waals surface area contributed by atoms with Crippen molar-refractivity contribution in [1.82, 2.24) is 0 Å². The maximum absolute atomic E-state index is 12.5. The van der Waals surface area contributed by atoms with Gasteiger partial charge in [0.15, 0.2) is 0 Å².